The number of hydrogen-bond acceptors (Lipinski definition) is 6. The van der Waals surface area contributed by atoms with Gasteiger partial charge in [-0.25, -0.2) is 9.97 Å². The summed E-state index contributed by atoms with van der Waals surface area (Å²) in [4.78, 5) is 35.4. The topological polar surface area (TPSA) is 118 Å². The van der Waals surface area contributed by atoms with E-state index in [1.165, 1.54) is 13.3 Å². The molecule has 1 saturated heterocycles. The molecule has 3 aromatic rings. The highest BCUT2D eigenvalue weighted by Crippen LogP contribution is 2.29. The predicted octanol–water partition coefficient (Wildman–Crippen LogP) is 2.04. The van der Waals surface area contributed by atoms with Gasteiger partial charge < -0.3 is 19.5 Å². The number of imidazole rings is 1. The SMILES string of the molecule is COc1cc(-c2cc(C(=O)N3CCC(C(=O)NCc4nccn4C)CC3)n[nH]2)c(Cl)cn1. The van der Waals surface area contributed by atoms with Crippen LogP contribution in [0.5, 0.6) is 5.88 Å². The van der Waals surface area contributed by atoms with E-state index in [4.69, 9.17) is 16.3 Å². The van der Waals surface area contributed by atoms with Crippen LogP contribution in [0.3, 0.4) is 0 Å². The number of aryl methyl sites for hydroxylation is 1. The number of H-pyrrole nitrogens is 1. The first-order valence-corrected chi connectivity index (χ1v) is 10.6. The minimum Gasteiger partial charge on any atom is -0.481 e. The maximum absolute atomic E-state index is 12.9. The van der Waals surface area contributed by atoms with Crippen LogP contribution in [0.25, 0.3) is 11.3 Å². The van der Waals surface area contributed by atoms with Crippen molar-refractivity contribution in [3.8, 4) is 17.1 Å². The van der Waals surface area contributed by atoms with E-state index in [1.54, 1.807) is 23.2 Å². The number of nitrogens with one attached hydrogen (secondary N) is 2. The molecule has 0 unspecified atom stereocenters. The molecule has 10 nitrogen and oxygen atoms in total. The van der Waals surface area contributed by atoms with E-state index in [0.29, 0.717) is 60.3 Å². The second-order valence-electron chi connectivity index (χ2n) is 7.61. The molecule has 0 aromatic carbocycles. The summed E-state index contributed by atoms with van der Waals surface area (Å²) in [6, 6.07) is 3.34. The number of carbonyl (C=O) groups excluding carboxylic acids is 2. The van der Waals surface area contributed by atoms with Gasteiger partial charge in [0.1, 0.15) is 5.82 Å². The second kappa shape index (κ2) is 9.39. The number of piperidine rings is 1. The Kier molecular flexibility index (Phi) is 6.40. The third-order valence-corrected chi connectivity index (χ3v) is 5.92. The lowest BCUT2D eigenvalue weighted by Crippen LogP contribution is -2.43. The standard InChI is InChI=1S/C21H24ClN7O3/c1-28-8-5-23-18(28)12-25-20(30)13-3-6-29(7-4-13)21(31)17-10-16(26-27-17)14-9-19(32-2)24-11-15(14)22/h5,8-11,13H,3-4,6-7,12H2,1-2H3,(H,25,30)(H,26,27). The molecule has 1 aliphatic heterocycles. The quantitative estimate of drug-likeness (QED) is 0.584. The van der Waals surface area contributed by atoms with Crippen LogP contribution in [0.4, 0.5) is 0 Å². The second-order valence-corrected chi connectivity index (χ2v) is 8.02. The largest absolute Gasteiger partial charge is 0.481 e. The van der Waals surface area contributed by atoms with Crippen molar-refractivity contribution >= 4 is 23.4 Å². The Morgan fingerprint density at radius 2 is 2.06 bits per heavy atom. The molecule has 1 fully saturated rings. The average molecular weight is 458 g/mol. The summed E-state index contributed by atoms with van der Waals surface area (Å²) in [5.41, 5.74) is 1.54. The lowest BCUT2D eigenvalue weighted by atomic mass is 9.95. The summed E-state index contributed by atoms with van der Waals surface area (Å²) in [7, 11) is 3.41. The highest BCUT2D eigenvalue weighted by atomic mass is 35.5. The molecule has 1 aliphatic rings. The lowest BCUT2D eigenvalue weighted by Gasteiger charge is -2.30. The summed E-state index contributed by atoms with van der Waals surface area (Å²) in [6.07, 6.45) is 6.23. The summed E-state index contributed by atoms with van der Waals surface area (Å²) in [5, 5.41) is 10.4. The maximum Gasteiger partial charge on any atom is 0.274 e. The number of amides is 2. The van der Waals surface area contributed by atoms with Crippen LogP contribution in [0, 0.1) is 5.92 Å². The van der Waals surface area contributed by atoms with Crippen LogP contribution in [-0.2, 0) is 18.4 Å². The van der Waals surface area contributed by atoms with E-state index in [0.717, 1.165) is 5.82 Å². The fraction of sp³-hybridized carbons (Fsp3) is 0.381. The van der Waals surface area contributed by atoms with Gasteiger partial charge in [-0.3, -0.25) is 14.7 Å². The highest BCUT2D eigenvalue weighted by Gasteiger charge is 2.29. The van der Waals surface area contributed by atoms with Crippen molar-refractivity contribution in [2.45, 2.75) is 19.4 Å². The van der Waals surface area contributed by atoms with Crippen molar-refractivity contribution in [2.24, 2.45) is 13.0 Å². The summed E-state index contributed by atoms with van der Waals surface area (Å²) >= 11 is 6.23. The molecule has 4 heterocycles. The zero-order valence-electron chi connectivity index (χ0n) is 17.8. The molecule has 0 spiro atoms. The van der Waals surface area contributed by atoms with Crippen LogP contribution in [0.15, 0.2) is 30.7 Å². The van der Waals surface area contributed by atoms with Crippen molar-refractivity contribution in [2.75, 3.05) is 20.2 Å². The zero-order valence-corrected chi connectivity index (χ0v) is 18.6. The normalized spacial score (nSPS) is 14.4. The summed E-state index contributed by atoms with van der Waals surface area (Å²) in [5.74, 6) is 0.888. The Hall–Kier alpha value is -3.40. The van der Waals surface area contributed by atoms with Gasteiger partial charge in [-0.1, -0.05) is 11.6 Å². The van der Waals surface area contributed by atoms with Gasteiger partial charge in [-0.05, 0) is 18.9 Å². The number of aromatic nitrogens is 5. The van der Waals surface area contributed by atoms with Gasteiger partial charge in [-0.2, -0.15) is 5.10 Å². The number of methoxy groups -OCH3 is 1. The first-order chi connectivity index (χ1) is 15.5. The molecule has 0 aliphatic carbocycles. The van der Waals surface area contributed by atoms with Crippen LogP contribution >= 0.6 is 11.6 Å². The number of aromatic amines is 1. The van der Waals surface area contributed by atoms with Crippen molar-refractivity contribution in [1.29, 1.82) is 0 Å². The van der Waals surface area contributed by atoms with Crippen molar-refractivity contribution < 1.29 is 14.3 Å². The number of pyridine rings is 1. The van der Waals surface area contributed by atoms with Gasteiger partial charge in [-0.15, -0.1) is 0 Å². The van der Waals surface area contributed by atoms with E-state index in [1.807, 2.05) is 17.8 Å². The maximum atomic E-state index is 12.9. The molecular formula is C21H24ClN7O3. The van der Waals surface area contributed by atoms with Gasteiger partial charge in [0.15, 0.2) is 5.69 Å². The molecule has 4 rings (SSSR count). The number of halogens is 1. The lowest BCUT2D eigenvalue weighted by molar-refractivity contribution is -0.126. The van der Waals surface area contributed by atoms with Crippen LogP contribution < -0.4 is 10.1 Å². The van der Waals surface area contributed by atoms with E-state index in [2.05, 4.69) is 25.5 Å². The van der Waals surface area contributed by atoms with E-state index < -0.39 is 0 Å². The molecule has 11 heteroatoms. The van der Waals surface area contributed by atoms with Gasteiger partial charge in [0.05, 0.1) is 30.6 Å². The fourth-order valence-electron chi connectivity index (χ4n) is 3.69. The fourth-order valence-corrected chi connectivity index (χ4v) is 3.90. The average Bonchev–Trinajstić information content (AvgIpc) is 3.46. The minimum absolute atomic E-state index is 0.0107. The Morgan fingerprint density at radius 3 is 2.75 bits per heavy atom. The first-order valence-electron chi connectivity index (χ1n) is 10.2. The molecule has 32 heavy (non-hydrogen) atoms. The molecule has 2 amide bonds. The Bertz CT molecular complexity index is 1120. The molecule has 0 atom stereocenters. The molecule has 0 radical (unpaired) electrons. The van der Waals surface area contributed by atoms with Gasteiger partial charge in [0.2, 0.25) is 11.8 Å². The predicted molar refractivity (Wildman–Crippen MR) is 117 cm³/mol. The Labute approximate surface area is 189 Å². The highest BCUT2D eigenvalue weighted by molar-refractivity contribution is 6.33. The summed E-state index contributed by atoms with van der Waals surface area (Å²) in [6.45, 7) is 1.37. The number of carbonyl (C=O) groups is 2. The first kappa shape index (κ1) is 21.8. The van der Waals surface area contributed by atoms with Gasteiger partial charge in [0, 0.05) is 50.1 Å². The molecule has 3 aromatic heterocycles. The zero-order chi connectivity index (χ0) is 22.7. The molecular weight excluding hydrogens is 434 g/mol. The molecule has 2 N–H and O–H groups in total. The van der Waals surface area contributed by atoms with Crippen LogP contribution in [-0.4, -0.2) is 61.6 Å². The molecule has 0 bridgehead atoms. The Morgan fingerprint density at radius 1 is 1.28 bits per heavy atom. The third kappa shape index (κ3) is 4.59. The van der Waals surface area contributed by atoms with Gasteiger partial charge in [0.25, 0.3) is 5.91 Å². The van der Waals surface area contributed by atoms with Crippen molar-refractivity contribution in [3.63, 3.8) is 0 Å². The van der Waals surface area contributed by atoms with Crippen LogP contribution in [0.2, 0.25) is 5.02 Å². The number of rotatable bonds is 6. The van der Waals surface area contributed by atoms with Crippen LogP contribution in [0.1, 0.15) is 29.2 Å². The number of hydrogen-bond donors (Lipinski definition) is 2. The molecule has 0 saturated carbocycles. The van der Waals surface area contributed by atoms with Gasteiger partial charge >= 0.3 is 0 Å². The van der Waals surface area contributed by atoms with Crippen molar-refractivity contribution in [3.05, 3.63) is 47.3 Å². The number of ether oxygens (including phenoxy) is 1. The van der Waals surface area contributed by atoms with E-state index in [-0.39, 0.29) is 17.7 Å². The third-order valence-electron chi connectivity index (χ3n) is 5.62. The summed E-state index contributed by atoms with van der Waals surface area (Å²) < 4.78 is 7.01. The van der Waals surface area contributed by atoms with E-state index >= 15 is 0 Å². The minimum atomic E-state index is -0.184. The van der Waals surface area contributed by atoms with E-state index in [9.17, 15) is 9.59 Å². The smallest absolute Gasteiger partial charge is 0.274 e. The monoisotopic (exact) mass is 457 g/mol. The number of likely N-dealkylation sites (tertiary alicyclic amines) is 1. The van der Waals surface area contributed by atoms with Crippen molar-refractivity contribution in [1.82, 2.24) is 34.9 Å². The number of nitrogens with zero attached hydrogens (tertiary/aromatic N) is 5. The molecule has 168 valence electrons. The Balaban J connectivity index is 1.34.